The van der Waals surface area contributed by atoms with Gasteiger partial charge in [0.15, 0.2) is 0 Å². The summed E-state index contributed by atoms with van der Waals surface area (Å²) in [7, 11) is 4.34. The van der Waals surface area contributed by atoms with Crippen molar-refractivity contribution in [2.24, 2.45) is 5.73 Å². The van der Waals surface area contributed by atoms with E-state index in [2.05, 4.69) is 6.92 Å². The Labute approximate surface area is 103 Å². The lowest BCUT2D eigenvalue weighted by Crippen LogP contribution is -2.33. The zero-order chi connectivity index (χ0) is 12.4. The number of rotatable bonds is 4. The summed E-state index contributed by atoms with van der Waals surface area (Å²) in [6.45, 7) is 2.13. The Kier molecular flexibility index (Phi) is 9.22. The molecule has 0 unspecified atom stereocenters. The van der Waals surface area contributed by atoms with E-state index >= 15 is 0 Å². The van der Waals surface area contributed by atoms with Crippen molar-refractivity contribution in [3.63, 3.8) is 0 Å². The first-order chi connectivity index (χ1) is 7.58. The molecule has 0 aliphatic heterocycles. The Balaban J connectivity index is 0.000000288. The van der Waals surface area contributed by atoms with Crippen LogP contribution in [0.1, 0.15) is 51.9 Å². The second-order valence-corrected chi connectivity index (χ2v) is 6.21. The Morgan fingerprint density at radius 1 is 1.19 bits per heavy atom. The highest BCUT2D eigenvalue weighted by Gasteiger charge is 2.19. The lowest BCUT2D eigenvalue weighted by atomic mass is 9.97. The highest BCUT2D eigenvalue weighted by Crippen LogP contribution is 2.14. The molecule has 4 heteroatoms. The molecule has 1 aliphatic rings. The summed E-state index contributed by atoms with van der Waals surface area (Å²) in [4.78, 5) is 0. The van der Waals surface area contributed by atoms with Gasteiger partial charge in [0.2, 0.25) is 0 Å². The molecule has 0 amide bonds. The van der Waals surface area contributed by atoms with Gasteiger partial charge < -0.3 is 15.2 Å². The molecule has 16 heavy (non-hydrogen) atoms. The quantitative estimate of drug-likeness (QED) is 0.603. The summed E-state index contributed by atoms with van der Waals surface area (Å²) in [5.41, 5.74) is 5.41. The van der Waals surface area contributed by atoms with E-state index in [1.54, 1.807) is 14.2 Å². The molecule has 1 rings (SSSR count). The Bertz CT molecular complexity index is 157. The lowest BCUT2D eigenvalue weighted by Gasteiger charge is -2.25. The number of methoxy groups -OCH3 is 2. The summed E-state index contributed by atoms with van der Waals surface area (Å²) < 4.78 is 10.3. The molecular weight excluding hydrogens is 218 g/mol. The van der Waals surface area contributed by atoms with E-state index < -0.39 is 0 Å². The minimum absolute atomic E-state index is 0.227. The zero-order valence-electron chi connectivity index (χ0n) is 11.4. The first-order valence-corrected chi connectivity index (χ1v) is 7.44. The van der Waals surface area contributed by atoms with Gasteiger partial charge in [-0.3, -0.25) is 0 Å². The molecule has 0 bridgehead atoms. The van der Waals surface area contributed by atoms with Crippen LogP contribution in [-0.2, 0) is 9.47 Å². The van der Waals surface area contributed by atoms with Crippen molar-refractivity contribution < 1.29 is 9.47 Å². The smallest absolute Gasteiger partial charge is 0.140 e. The third-order valence-electron chi connectivity index (χ3n) is 3.22. The molecule has 0 heterocycles. The highest BCUT2D eigenvalue weighted by atomic mass is 28.1. The highest BCUT2D eigenvalue weighted by molar-refractivity contribution is 6.13. The van der Waals surface area contributed by atoms with Crippen LogP contribution in [0, 0.1) is 0 Å². The first-order valence-electron chi connectivity index (χ1n) is 6.44. The topological polar surface area (TPSA) is 44.5 Å². The van der Waals surface area contributed by atoms with Gasteiger partial charge in [-0.1, -0.05) is 32.6 Å². The molecule has 0 saturated heterocycles. The van der Waals surface area contributed by atoms with E-state index in [0.717, 1.165) is 23.1 Å². The van der Waals surface area contributed by atoms with Crippen molar-refractivity contribution in [2.75, 3.05) is 14.2 Å². The maximum absolute atomic E-state index is 5.63. The molecule has 1 fully saturated rings. The van der Waals surface area contributed by atoms with E-state index in [-0.39, 0.29) is 5.41 Å². The Morgan fingerprint density at radius 2 is 1.69 bits per heavy atom. The fraction of sp³-hybridized carbons (Fsp3) is 1.00. The zero-order valence-corrected chi connectivity index (χ0v) is 13.4. The van der Waals surface area contributed by atoms with E-state index in [1.807, 2.05) is 0 Å². The fourth-order valence-corrected chi connectivity index (χ4v) is 2.38. The maximum Gasteiger partial charge on any atom is 0.140 e. The number of ether oxygens (including phenoxy) is 2. The van der Waals surface area contributed by atoms with Crippen molar-refractivity contribution in [3.8, 4) is 0 Å². The number of nitrogens with two attached hydrogens (primary N) is 1. The molecular formula is C12H29NO2Si. The standard InChI is InChI=1S/C6H13N.C6H16O2Si/c7-6-4-2-1-3-5-6;1-4-5-6(9,7-2)8-3/h6H,1-5,7H2;4-5H2,1-3,9H3. The van der Waals surface area contributed by atoms with Crippen molar-refractivity contribution in [1.29, 1.82) is 0 Å². The molecule has 2 N–H and O–H groups in total. The molecule has 0 radical (unpaired) electrons. The molecule has 98 valence electrons. The van der Waals surface area contributed by atoms with Crippen LogP contribution in [0.3, 0.4) is 0 Å². The molecule has 0 aromatic heterocycles. The van der Waals surface area contributed by atoms with E-state index in [0.29, 0.717) is 6.04 Å². The summed E-state index contributed by atoms with van der Waals surface area (Å²) in [5.74, 6) is 0. The van der Waals surface area contributed by atoms with Crippen molar-refractivity contribution >= 4 is 10.2 Å². The van der Waals surface area contributed by atoms with Crippen LogP contribution in [0.5, 0.6) is 0 Å². The first kappa shape index (κ1) is 16.1. The van der Waals surface area contributed by atoms with E-state index in [4.69, 9.17) is 15.2 Å². The van der Waals surface area contributed by atoms with Gasteiger partial charge in [-0.05, 0) is 19.3 Å². The second kappa shape index (κ2) is 9.16. The predicted molar refractivity (Wildman–Crippen MR) is 72.7 cm³/mol. The van der Waals surface area contributed by atoms with Crippen molar-refractivity contribution in [2.45, 2.75) is 63.3 Å². The fourth-order valence-electron chi connectivity index (χ4n) is 1.88. The van der Waals surface area contributed by atoms with Gasteiger partial charge >= 0.3 is 0 Å². The molecule has 3 nitrogen and oxygen atoms in total. The van der Waals surface area contributed by atoms with E-state index in [9.17, 15) is 0 Å². The average molecular weight is 247 g/mol. The van der Waals surface area contributed by atoms with Gasteiger partial charge in [0.05, 0.1) is 10.2 Å². The van der Waals surface area contributed by atoms with Gasteiger partial charge in [0.1, 0.15) is 5.41 Å². The van der Waals surface area contributed by atoms with E-state index in [1.165, 1.54) is 32.1 Å². The average Bonchev–Trinajstić information content (AvgIpc) is 2.31. The minimum Gasteiger partial charge on any atom is -0.358 e. The second-order valence-electron chi connectivity index (χ2n) is 4.69. The molecule has 1 saturated carbocycles. The van der Waals surface area contributed by atoms with Crippen LogP contribution in [0.25, 0.3) is 0 Å². The normalized spacial score (nSPS) is 18.0. The monoisotopic (exact) mass is 247 g/mol. The van der Waals surface area contributed by atoms with Crippen molar-refractivity contribution in [1.82, 2.24) is 0 Å². The molecule has 1 aliphatic carbocycles. The minimum atomic E-state index is -0.227. The number of hydrogen-bond acceptors (Lipinski definition) is 3. The summed E-state index contributed by atoms with van der Waals surface area (Å²) >= 11 is 0. The summed E-state index contributed by atoms with van der Waals surface area (Å²) in [6, 6.07) is 0.536. The van der Waals surface area contributed by atoms with Gasteiger partial charge in [0.25, 0.3) is 0 Å². The largest absolute Gasteiger partial charge is 0.358 e. The summed E-state index contributed by atoms with van der Waals surface area (Å²) in [6.07, 6.45) is 8.79. The van der Waals surface area contributed by atoms with Gasteiger partial charge in [-0.25, -0.2) is 0 Å². The van der Waals surface area contributed by atoms with Gasteiger partial charge in [-0.15, -0.1) is 0 Å². The van der Waals surface area contributed by atoms with Crippen LogP contribution in [0.2, 0.25) is 0 Å². The molecule has 0 spiro atoms. The van der Waals surface area contributed by atoms with Crippen LogP contribution in [-0.4, -0.2) is 35.9 Å². The van der Waals surface area contributed by atoms with Crippen LogP contribution in [0.15, 0.2) is 0 Å². The maximum atomic E-state index is 5.63. The third-order valence-corrected chi connectivity index (χ3v) is 4.53. The molecule has 0 aromatic rings. The van der Waals surface area contributed by atoms with Crippen molar-refractivity contribution in [3.05, 3.63) is 0 Å². The van der Waals surface area contributed by atoms with Crippen LogP contribution < -0.4 is 5.73 Å². The Hall–Kier alpha value is 0.0969. The van der Waals surface area contributed by atoms with Gasteiger partial charge in [-0.2, -0.15) is 0 Å². The predicted octanol–water partition coefficient (Wildman–Crippen LogP) is 1.38. The lowest BCUT2D eigenvalue weighted by molar-refractivity contribution is -0.145. The van der Waals surface area contributed by atoms with Crippen LogP contribution >= 0.6 is 0 Å². The van der Waals surface area contributed by atoms with Crippen LogP contribution in [0.4, 0.5) is 0 Å². The third kappa shape index (κ3) is 7.38. The SMILES string of the molecule is CCCC([SiH3])(OC)OC.NC1CCCCC1. The Morgan fingerprint density at radius 3 is 1.88 bits per heavy atom. The molecule has 0 atom stereocenters. The summed E-state index contributed by atoms with van der Waals surface area (Å²) in [5, 5.41) is 0. The molecule has 0 aromatic carbocycles. The number of hydrogen-bond donors (Lipinski definition) is 1. The van der Waals surface area contributed by atoms with Gasteiger partial charge in [0, 0.05) is 20.3 Å².